The SMILES string of the molecule is CC1NCCCC1NC(=O)c1cccc(NC(=O)c2cccs2)c1.Cl. The second-order valence-corrected chi connectivity index (χ2v) is 6.92. The van der Waals surface area contributed by atoms with Gasteiger partial charge in [0.05, 0.1) is 4.88 Å². The van der Waals surface area contributed by atoms with E-state index < -0.39 is 0 Å². The second kappa shape index (κ2) is 8.99. The van der Waals surface area contributed by atoms with E-state index in [1.54, 1.807) is 30.3 Å². The normalized spacial score (nSPS) is 19.6. The van der Waals surface area contributed by atoms with Gasteiger partial charge >= 0.3 is 0 Å². The molecule has 0 aliphatic carbocycles. The van der Waals surface area contributed by atoms with Gasteiger partial charge in [0.2, 0.25) is 0 Å². The lowest BCUT2D eigenvalue weighted by Crippen LogP contribution is -2.51. The molecule has 0 radical (unpaired) electrons. The number of carbonyl (C=O) groups excluding carboxylic acids is 2. The van der Waals surface area contributed by atoms with Crippen molar-refractivity contribution < 1.29 is 9.59 Å². The van der Waals surface area contributed by atoms with Crippen molar-refractivity contribution in [2.75, 3.05) is 11.9 Å². The number of piperidine rings is 1. The maximum absolute atomic E-state index is 12.5. The van der Waals surface area contributed by atoms with Crippen LogP contribution in [0.25, 0.3) is 0 Å². The highest BCUT2D eigenvalue weighted by molar-refractivity contribution is 7.12. The van der Waals surface area contributed by atoms with Gasteiger partial charge in [-0.1, -0.05) is 12.1 Å². The first-order valence-corrected chi connectivity index (χ1v) is 9.00. The van der Waals surface area contributed by atoms with Crippen molar-refractivity contribution in [2.45, 2.75) is 31.8 Å². The Bertz CT molecular complexity index is 721. The molecular weight excluding hydrogens is 358 g/mol. The standard InChI is InChI=1S/C18H21N3O2S.ClH/c1-12-15(7-3-9-19-12)21-17(22)13-5-2-6-14(11-13)20-18(23)16-8-4-10-24-16;/h2,4-6,8,10-12,15,19H,3,7,9H2,1H3,(H,20,23)(H,21,22);1H. The van der Waals surface area contributed by atoms with Gasteiger partial charge in [-0.25, -0.2) is 0 Å². The van der Waals surface area contributed by atoms with Crippen LogP contribution in [0.5, 0.6) is 0 Å². The smallest absolute Gasteiger partial charge is 0.265 e. The molecule has 1 fully saturated rings. The summed E-state index contributed by atoms with van der Waals surface area (Å²) in [5.41, 5.74) is 1.17. The molecular formula is C18H22ClN3O2S. The molecule has 0 saturated carbocycles. The fourth-order valence-electron chi connectivity index (χ4n) is 2.83. The van der Waals surface area contributed by atoms with E-state index in [9.17, 15) is 9.59 Å². The Morgan fingerprint density at radius 1 is 1.20 bits per heavy atom. The lowest BCUT2D eigenvalue weighted by molar-refractivity contribution is 0.0919. The van der Waals surface area contributed by atoms with Gasteiger partial charge in [0.25, 0.3) is 11.8 Å². The average molecular weight is 380 g/mol. The Morgan fingerprint density at radius 3 is 2.76 bits per heavy atom. The number of anilines is 1. The molecule has 2 amide bonds. The zero-order valence-corrected chi connectivity index (χ0v) is 15.6. The van der Waals surface area contributed by atoms with Crippen molar-refractivity contribution in [2.24, 2.45) is 0 Å². The Balaban J connectivity index is 0.00000225. The predicted molar refractivity (Wildman–Crippen MR) is 104 cm³/mol. The molecule has 3 rings (SSSR count). The van der Waals surface area contributed by atoms with Crippen molar-refractivity contribution in [1.82, 2.24) is 10.6 Å². The van der Waals surface area contributed by atoms with Crippen LogP contribution in [0.1, 0.15) is 39.8 Å². The monoisotopic (exact) mass is 379 g/mol. The topological polar surface area (TPSA) is 70.2 Å². The molecule has 1 aliphatic heterocycles. The summed E-state index contributed by atoms with van der Waals surface area (Å²) >= 11 is 1.39. The maximum Gasteiger partial charge on any atom is 0.265 e. The Labute approximate surface area is 157 Å². The first-order chi connectivity index (χ1) is 11.6. The zero-order chi connectivity index (χ0) is 16.9. The molecule has 7 heteroatoms. The van der Waals surface area contributed by atoms with Gasteiger partial charge in [0.15, 0.2) is 0 Å². The summed E-state index contributed by atoms with van der Waals surface area (Å²) < 4.78 is 0. The molecule has 2 aromatic rings. The summed E-state index contributed by atoms with van der Waals surface area (Å²) in [5.74, 6) is -0.268. The largest absolute Gasteiger partial charge is 0.348 e. The van der Waals surface area contributed by atoms with Gasteiger partial charge in [-0.3, -0.25) is 9.59 Å². The molecule has 0 bridgehead atoms. The van der Waals surface area contributed by atoms with Gasteiger partial charge in [0, 0.05) is 23.3 Å². The predicted octanol–water partition coefficient (Wildman–Crippen LogP) is 3.29. The van der Waals surface area contributed by atoms with E-state index in [0.717, 1.165) is 19.4 Å². The third-order valence-electron chi connectivity index (χ3n) is 4.21. The van der Waals surface area contributed by atoms with Crippen LogP contribution in [-0.4, -0.2) is 30.4 Å². The van der Waals surface area contributed by atoms with Crippen LogP contribution < -0.4 is 16.0 Å². The summed E-state index contributed by atoms with van der Waals surface area (Å²) in [6, 6.07) is 11.0. The number of carbonyl (C=O) groups is 2. The Kier molecular flexibility index (Phi) is 6.99. The number of hydrogen-bond acceptors (Lipinski definition) is 4. The number of hydrogen-bond donors (Lipinski definition) is 3. The van der Waals surface area contributed by atoms with E-state index in [1.807, 2.05) is 11.4 Å². The van der Waals surface area contributed by atoms with Crippen LogP contribution in [0, 0.1) is 0 Å². The Morgan fingerprint density at radius 2 is 2.04 bits per heavy atom. The minimum atomic E-state index is -0.160. The summed E-state index contributed by atoms with van der Waals surface area (Å²) in [6.45, 7) is 3.08. The quantitative estimate of drug-likeness (QED) is 0.763. The van der Waals surface area contributed by atoms with Crippen molar-refractivity contribution in [3.05, 3.63) is 52.2 Å². The van der Waals surface area contributed by atoms with Crippen LogP contribution >= 0.6 is 23.7 Å². The molecule has 5 nitrogen and oxygen atoms in total. The van der Waals surface area contributed by atoms with Crippen LogP contribution in [0.15, 0.2) is 41.8 Å². The minimum Gasteiger partial charge on any atom is -0.348 e. The van der Waals surface area contributed by atoms with E-state index in [4.69, 9.17) is 0 Å². The summed E-state index contributed by atoms with van der Waals surface area (Å²) in [7, 11) is 0. The van der Waals surface area contributed by atoms with Crippen molar-refractivity contribution >= 4 is 41.2 Å². The molecule has 1 aromatic carbocycles. The summed E-state index contributed by atoms with van der Waals surface area (Å²) in [5, 5.41) is 11.1. The highest BCUT2D eigenvalue weighted by Crippen LogP contribution is 2.16. The van der Waals surface area contributed by atoms with Crippen LogP contribution in [0.4, 0.5) is 5.69 Å². The molecule has 1 aromatic heterocycles. The van der Waals surface area contributed by atoms with E-state index in [-0.39, 0.29) is 36.3 Å². The van der Waals surface area contributed by atoms with E-state index in [1.165, 1.54) is 11.3 Å². The third-order valence-corrected chi connectivity index (χ3v) is 5.07. The Hall–Kier alpha value is -1.89. The molecule has 0 spiro atoms. The van der Waals surface area contributed by atoms with Gasteiger partial charge in [-0.15, -0.1) is 23.7 Å². The first-order valence-electron chi connectivity index (χ1n) is 8.12. The maximum atomic E-state index is 12.5. The number of amides is 2. The van der Waals surface area contributed by atoms with Gasteiger partial charge < -0.3 is 16.0 Å². The van der Waals surface area contributed by atoms with E-state index in [2.05, 4.69) is 22.9 Å². The molecule has 2 heterocycles. The summed E-state index contributed by atoms with van der Waals surface area (Å²) in [4.78, 5) is 25.2. The average Bonchev–Trinajstić information content (AvgIpc) is 3.12. The molecule has 1 saturated heterocycles. The lowest BCUT2D eigenvalue weighted by Gasteiger charge is -2.30. The van der Waals surface area contributed by atoms with Crippen molar-refractivity contribution in [1.29, 1.82) is 0 Å². The zero-order valence-electron chi connectivity index (χ0n) is 14.0. The minimum absolute atomic E-state index is 0. The van der Waals surface area contributed by atoms with Gasteiger partial charge in [-0.2, -0.15) is 0 Å². The van der Waals surface area contributed by atoms with Crippen molar-refractivity contribution in [3.63, 3.8) is 0 Å². The third kappa shape index (κ3) is 5.04. The summed E-state index contributed by atoms with van der Waals surface area (Å²) in [6.07, 6.45) is 2.04. The van der Waals surface area contributed by atoms with Crippen LogP contribution in [0.3, 0.4) is 0 Å². The number of halogens is 1. The van der Waals surface area contributed by atoms with Crippen molar-refractivity contribution in [3.8, 4) is 0 Å². The lowest BCUT2D eigenvalue weighted by atomic mass is 9.99. The number of rotatable bonds is 4. The van der Waals surface area contributed by atoms with Gasteiger partial charge in [-0.05, 0) is 56.0 Å². The van der Waals surface area contributed by atoms with Gasteiger partial charge in [0.1, 0.15) is 0 Å². The highest BCUT2D eigenvalue weighted by atomic mass is 35.5. The fraction of sp³-hybridized carbons (Fsp3) is 0.333. The number of thiophene rings is 1. The molecule has 3 N–H and O–H groups in total. The molecule has 2 atom stereocenters. The fourth-order valence-corrected chi connectivity index (χ4v) is 3.45. The molecule has 2 unspecified atom stereocenters. The van der Waals surface area contributed by atoms with Crippen LogP contribution in [-0.2, 0) is 0 Å². The van der Waals surface area contributed by atoms with E-state index >= 15 is 0 Å². The molecule has 25 heavy (non-hydrogen) atoms. The first kappa shape index (κ1) is 19.4. The van der Waals surface area contributed by atoms with E-state index in [0.29, 0.717) is 16.1 Å². The van der Waals surface area contributed by atoms with Crippen LogP contribution in [0.2, 0.25) is 0 Å². The number of nitrogens with one attached hydrogen (secondary N) is 3. The number of benzene rings is 1. The molecule has 1 aliphatic rings. The second-order valence-electron chi connectivity index (χ2n) is 5.98. The highest BCUT2D eigenvalue weighted by Gasteiger charge is 2.22. The molecule has 134 valence electrons.